The minimum atomic E-state index is -0.429. The fraction of sp³-hybridized carbons (Fsp3) is 0.971. The predicted molar refractivity (Wildman–Crippen MR) is 156 cm³/mol. The summed E-state index contributed by atoms with van der Waals surface area (Å²) in [6.45, 7) is 26.3. The Kier molecular flexibility index (Phi) is 7.83. The van der Waals surface area contributed by atoms with E-state index < -0.39 is 5.41 Å². The summed E-state index contributed by atoms with van der Waals surface area (Å²) >= 11 is 0. The van der Waals surface area contributed by atoms with Crippen molar-refractivity contribution < 1.29 is 9.53 Å². The van der Waals surface area contributed by atoms with Crippen molar-refractivity contribution in [3.8, 4) is 0 Å². The molecule has 37 heavy (non-hydrogen) atoms. The summed E-state index contributed by atoms with van der Waals surface area (Å²) in [7, 11) is 0. The third-order valence-corrected chi connectivity index (χ3v) is 13.4. The van der Waals surface area contributed by atoms with Crippen molar-refractivity contribution >= 4 is 5.97 Å². The van der Waals surface area contributed by atoms with Crippen LogP contribution in [0.5, 0.6) is 0 Å². The highest BCUT2D eigenvalue weighted by Crippen LogP contribution is 2.74. The van der Waals surface area contributed by atoms with Crippen LogP contribution in [0.1, 0.15) is 147 Å². The van der Waals surface area contributed by atoms with Crippen LogP contribution in [0.3, 0.4) is 0 Å². The number of carbonyl (C=O) groups excluding carboxylic acids is 1. The van der Waals surface area contributed by atoms with Crippen LogP contribution >= 0.6 is 0 Å². The average Bonchev–Trinajstić information content (AvgIpc) is 3.06. The van der Waals surface area contributed by atoms with E-state index in [9.17, 15) is 4.79 Å². The Morgan fingerprint density at radius 3 is 2.08 bits per heavy atom. The maximum atomic E-state index is 12.9. The van der Waals surface area contributed by atoms with Crippen LogP contribution in [0.4, 0.5) is 0 Å². The summed E-state index contributed by atoms with van der Waals surface area (Å²) in [6.07, 6.45) is 15.0. The summed E-state index contributed by atoms with van der Waals surface area (Å²) in [5, 5.41) is 0. The van der Waals surface area contributed by atoms with Gasteiger partial charge in [0.05, 0.1) is 5.41 Å². The molecular formula is C35H62O2. The summed E-state index contributed by atoms with van der Waals surface area (Å²) in [4.78, 5) is 12.9. The number of carbonyl (C=O) groups is 1. The van der Waals surface area contributed by atoms with Gasteiger partial charge in [0, 0.05) is 5.41 Å². The van der Waals surface area contributed by atoms with Crippen molar-refractivity contribution in [2.75, 3.05) is 0 Å². The Balaban J connectivity index is 1.53. The normalized spacial score (nSPS) is 44.1. The van der Waals surface area contributed by atoms with Crippen LogP contribution in [0.2, 0.25) is 0 Å². The van der Waals surface area contributed by atoms with Crippen molar-refractivity contribution in [1.29, 1.82) is 0 Å². The molecule has 0 heterocycles. The van der Waals surface area contributed by atoms with Crippen LogP contribution in [0.25, 0.3) is 0 Å². The van der Waals surface area contributed by atoms with Gasteiger partial charge in [0.2, 0.25) is 0 Å². The molecule has 4 aliphatic rings. The fourth-order valence-electron chi connectivity index (χ4n) is 11.0. The van der Waals surface area contributed by atoms with E-state index in [0.29, 0.717) is 22.2 Å². The van der Waals surface area contributed by atoms with Crippen LogP contribution in [-0.2, 0) is 9.53 Å². The second-order valence-electron chi connectivity index (χ2n) is 17.2. The minimum Gasteiger partial charge on any atom is -0.461 e. The third-order valence-electron chi connectivity index (χ3n) is 13.4. The summed E-state index contributed by atoms with van der Waals surface area (Å²) in [6, 6.07) is 0. The van der Waals surface area contributed by atoms with Gasteiger partial charge in [-0.25, -0.2) is 0 Å². The average molecular weight is 515 g/mol. The van der Waals surface area contributed by atoms with Crippen molar-refractivity contribution in [2.45, 2.75) is 153 Å². The zero-order valence-electron chi connectivity index (χ0n) is 26.6. The molecule has 0 radical (unpaired) electrons. The molecule has 9 atom stereocenters. The van der Waals surface area contributed by atoms with E-state index in [1.165, 1.54) is 64.2 Å². The van der Waals surface area contributed by atoms with E-state index in [-0.39, 0.29) is 17.5 Å². The molecule has 4 aliphatic carbocycles. The first kappa shape index (κ1) is 29.5. The van der Waals surface area contributed by atoms with Crippen LogP contribution in [0, 0.1) is 62.6 Å². The van der Waals surface area contributed by atoms with Crippen LogP contribution < -0.4 is 0 Å². The van der Waals surface area contributed by atoms with Gasteiger partial charge < -0.3 is 4.74 Å². The van der Waals surface area contributed by atoms with E-state index in [2.05, 4.69) is 55.4 Å². The molecule has 1 unspecified atom stereocenters. The van der Waals surface area contributed by atoms with Gasteiger partial charge in [0.25, 0.3) is 0 Å². The lowest BCUT2D eigenvalue weighted by Gasteiger charge is -2.67. The van der Waals surface area contributed by atoms with Gasteiger partial charge >= 0.3 is 5.97 Å². The van der Waals surface area contributed by atoms with Gasteiger partial charge in [-0.15, -0.1) is 0 Å². The second-order valence-corrected chi connectivity index (χ2v) is 17.2. The molecule has 4 rings (SSSR count). The Morgan fingerprint density at radius 2 is 1.46 bits per heavy atom. The highest BCUT2D eigenvalue weighted by Gasteiger charge is 2.67. The largest absolute Gasteiger partial charge is 0.461 e. The molecule has 4 saturated carbocycles. The standard InChI is InChI=1S/C35H62O2/c1-23(2)13-12-14-24(3)25-17-21-35(11)27-15-16-28-32(7,8)29(37-30(36)31(4,5)6)19-20-33(28,9)26(27)18-22-34(25,35)10/h23-29H,12-22H2,1-11H3/t24-,25-,26+,27-,28+,29?,33-,34-,35+/m1/s1. The molecule has 0 bridgehead atoms. The molecular weight excluding hydrogens is 452 g/mol. The predicted octanol–water partition coefficient (Wildman–Crippen LogP) is 10.1. The van der Waals surface area contributed by atoms with Crippen molar-refractivity contribution in [3.63, 3.8) is 0 Å². The van der Waals surface area contributed by atoms with E-state index in [4.69, 9.17) is 4.74 Å². The minimum absolute atomic E-state index is 0.0247. The smallest absolute Gasteiger partial charge is 0.311 e. The molecule has 0 amide bonds. The summed E-state index contributed by atoms with van der Waals surface area (Å²) in [5.41, 5.74) is 0.984. The number of rotatable bonds is 6. The topological polar surface area (TPSA) is 26.3 Å². The maximum absolute atomic E-state index is 12.9. The molecule has 0 aromatic heterocycles. The first-order chi connectivity index (χ1) is 17.0. The highest BCUT2D eigenvalue weighted by molar-refractivity contribution is 5.75. The van der Waals surface area contributed by atoms with Crippen molar-refractivity contribution in [1.82, 2.24) is 0 Å². The summed E-state index contributed by atoms with van der Waals surface area (Å²) < 4.78 is 6.25. The molecule has 4 fully saturated rings. The highest BCUT2D eigenvalue weighted by atomic mass is 16.5. The lowest BCUT2D eigenvalue weighted by atomic mass is 9.38. The van der Waals surface area contributed by atoms with E-state index in [1.807, 2.05) is 20.8 Å². The van der Waals surface area contributed by atoms with Crippen LogP contribution in [0.15, 0.2) is 0 Å². The second kappa shape index (κ2) is 9.83. The number of fused-ring (bicyclic) bond motifs is 5. The summed E-state index contributed by atoms with van der Waals surface area (Å²) in [5.74, 6) is 4.92. The molecule has 0 saturated heterocycles. The van der Waals surface area contributed by atoms with Crippen molar-refractivity contribution in [3.05, 3.63) is 0 Å². The van der Waals surface area contributed by atoms with E-state index in [1.54, 1.807) is 0 Å². The lowest BCUT2D eigenvalue weighted by Crippen LogP contribution is -2.62. The van der Waals surface area contributed by atoms with Gasteiger partial charge in [0.1, 0.15) is 6.10 Å². The van der Waals surface area contributed by atoms with Crippen LogP contribution in [-0.4, -0.2) is 12.1 Å². The Labute approximate surface area is 230 Å². The molecule has 0 aromatic rings. The lowest BCUT2D eigenvalue weighted by molar-refractivity contribution is -0.213. The molecule has 0 spiro atoms. The molecule has 2 heteroatoms. The van der Waals surface area contributed by atoms with Gasteiger partial charge in [-0.3, -0.25) is 4.79 Å². The fourth-order valence-corrected chi connectivity index (χ4v) is 11.0. The van der Waals surface area contributed by atoms with E-state index >= 15 is 0 Å². The Bertz CT molecular complexity index is 835. The van der Waals surface area contributed by atoms with Crippen molar-refractivity contribution in [2.24, 2.45) is 62.6 Å². The van der Waals surface area contributed by atoms with Gasteiger partial charge in [-0.2, -0.15) is 0 Å². The Hall–Kier alpha value is -0.530. The number of hydrogen-bond acceptors (Lipinski definition) is 2. The molecule has 2 nitrogen and oxygen atoms in total. The zero-order chi connectivity index (χ0) is 27.6. The molecule has 0 aromatic carbocycles. The number of esters is 1. The van der Waals surface area contributed by atoms with Gasteiger partial charge in [0.15, 0.2) is 0 Å². The van der Waals surface area contributed by atoms with Gasteiger partial charge in [-0.05, 0) is 124 Å². The first-order valence-corrected chi connectivity index (χ1v) is 16.2. The van der Waals surface area contributed by atoms with E-state index in [0.717, 1.165) is 36.0 Å². The van der Waals surface area contributed by atoms with Gasteiger partial charge in [-0.1, -0.05) is 74.7 Å². The quantitative estimate of drug-likeness (QED) is 0.330. The maximum Gasteiger partial charge on any atom is 0.311 e. The monoisotopic (exact) mass is 514 g/mol. The number of ether oxygens (including phenoxy) is 1. The molecule has 214 valence electrons. The molecule has 0 N–H and O–H groups in total. The third kappa shape index (κ3) is 4.75. The number of hydrogen-bond donors (Lipinski definition) is 0. The molecule has 0 aliphatic heterocycles. The zero-order valence-corrected chi connectivity index (χ0v) is 26.6. The SMILES string of the molecule is CC(C)CCC[C@@H](C)[C@H]1CC[C@@]2(C)[C@@H]3CC[C@H]4C(C)(C)C(OC(=O)C(C)(C)C)CC[C@]4(C)[C@H]3CC[C@]12C. The Morgan fingerprint density at radius 1 is 0.811 bits per heavy atom. The first-order valence-electron chi connectivity index (χ1n) is 16.2.